The standard InChI is InChI=1S/C25H29N9O3/c1-35-15-16-36-19-6-4-18(5-7-19)32-11-8-31(9-12-32)10-13-33-23-20(17-27-33)24-28-22(21-3-2-14-37-21)30-34(24)25(26)29-23/h2-7,14,17H,8-13,15-16H2,1H3,(H2,26,29)/i8D2,9D2,11D2,12D2,15D2,17D. The van der Waals surface area contributed by atoms with Crippen LogP contribution in [-0.4, -0.2) is 87.1 Å². The summed E-state index contributed by atoms with van der Waals surface area (Å²) in [5, 5.41) is 8.59. The third-order valence-electron chi connectivity index (χ3n) is 5.43. The number of furan rings is 1. The van der Waals surface area contributed by atoms with Gasteiger partial charge < -0.3 is 24.5 Å². The van der Waals surface area contributed by atoms with Crippen molar-refractivity contribution in [2.75, 3.05) is 63.4 Å². The van der Waals surface area contributed by atoms with Gasteiger partial charge in [-0.15, -0.1) is 5.10 Å². The summed E-state index contributed by atoms with van der Waals surface area (Å²) >= 11 is 0. The molecule has 0 atom stereocenters. The minimum Gasteiger partial charge on any atom is -0.491 e. The van der Waals surface area contributed by atoms with Gasteiger partial charge in [0.05, 0.1) is 40.5 Å². The van der Waals surface area contributed by atoms with Gasteiger partial charge in [-0.1, -0.05) is 0 Å². The summed E-state index contributed by atoms with van der Waals surface area (Å²) in [5.74, 6) is 0.533. The van der Waals surface area contributed by atoms with Crippen molar-refractivity contribution in [1.82, 2.24) is 34.3 Å². The van der Waals surface area contributed by atoms with E-state index in [4.69, 9.17) is 30.0 Å². The van der Waals surface area contributed by atoms with E-state index in [2.05, 4.69) is 24.9 Å². The fourth-order valence-electron chi connectivity index (χ4n) is 3.63. The molecular formula is C25H29N9O3. The summed E-state index contributed by atoms with van der Waals surface area (Å²) in [6, 6.07) is 8.32. The first-order valence-electron chi connectivity index (χ1n) is 16.6. The van der Waals surface area contributed by atoms with Gasteiger partial charge in [0.25, 0.3) is 0 Å². The van der Waals surface area contributed by atoms with Gasteiger partial charge in [-0.25, -0.2) is 9.67 Å². The summed E-state index contributed by atoms with van der Waals surface area (Å²) in [7, 11) is 1.17. The van der Waals surface area contributed by atoms with Gasteiger partial charge in [0, 0.05) is 50.8 Å². The number of nitrogens with zero attached hydrogens (tertiary/aromatic N) is 8. The lowest BCUT2D eigenvalue weighted by atomic mass is 10.2. The zero-order valence-corrected chi connectivity index (χ0v) is 19.5. The Morgan fingerprint density at radius 1 is 1.11 bits per heavy atom. The smallest absolute Gasteiger partial charge is 0.225 e. The number of hydrogen-bond acceptors (Lipinski definition) is 10. The van der Waals surface area contributed by atoms with Crippen LogP contribution in [0, 0.1) is 0 Å². The van der Waals surface area contributed by atoms with Crippen molar-refractivity contribution in [3.63, 3.8) is 0 Å². The molecule has 192 valence electrons. The van der Waals surface area contributed by atoms with Crippen molar-refractivity contribution in [3.05, 3.63) is 48.8 Å². The molecule has 0 radical (unpaired) electrons. The van der Waals surface area contributed by atoms with E-state index in [0.717, 1.165) is 0 Å². The fourth-order valence-corrected chi connectivity index (χ4v) is 3.63. The zero-order chi connectivity index (χ0) is 35.0. The Morgan fingerprint density at radius 3 is 2.70 bits per heavy atom. The first-order valence-corrected chi connectivity index (χ1v) is 11.1. The second-order valence-electron chi connectivity index (χ2n) is 7.72. The van der Waals surface area contributed by atoms with E-state index in [0.29, 0.717) is 15.6 Å². The zero-order valence-electron chi connectivity index (χ0n) is 30.5. The SMILES string of the molecule is [2H]c1nn(CCN2C([2H])([2H])C([2H])([2H])N(c3ccc(OCC([2H])([2H])OC)cc3)C([2H])([2H])C2([2H])[2H])c2nc(N)n3nc(-c4ccco4)nc3c12. The van der Waals surface area contributed by atoms with E-state index in [-0.39, 0.29) is 52.6 Å². The molecule has 0 spiro atoms. The average molecular weight is 515 g/mol. The lowest BCUT2D eigenvalue weighted by Gasteiger charge is -2.36. The second-order valence-corrected chi connectivity index (χ2v) is 7.72. The highest BCUT2D eigenvalue weighted by Crippen LogP contribution is 2.24. The number of ether oxygens (including phenoxy) is 2. The van der Waals surface area contributed by atoms with Gasteiger partial charge in [0.15, 0.2) is 17.1 Å². The highest BCUT2D eigenvalue weighted by atomic mass is 16.5. The lowest BCUT2D eigenvalue weighted by molar-refractivity contribution is 0.146. The van der Waals surface area contributed by atoms with E-state index in [1.54, 1.807) is 12.1 Å². The second kappa shape index (κ2) is 10.1. The van der Waals surface area contributed by atoms with Gasteiger partial charge in [0.2, 0.25) is 11.8 Å². The van der Waals surface area contributed by atoms with Crippen molar-refractivity contribution >= 4 is 28.3 Å². The normalized spacial score (nSPS) is 24.9. The van der Waals surface area contributed by atoms with Crippen molar-refractivity contribution in [2.24, 2.45) is 0 Å². The van der Waals surface area contributed by atoms with Crippen LogP contribution in [0.1, 0.15) is 15.1 Å². The molecule has 37 heavy (non-hydrogen) atoms. The maximum Gasteiger partial charge on any atom is 0.225 e. The lowest BCUT2D eigenvalue weighted by Crippen LogP contribution is -2.47. The summed E-state index contributed by atoms with van der Waals surface area (Å²) in [6.07, 6.45) is 1.15. The molecule has 1 fully saturated rings. The fraction of sp³-hybridized carbons (Fsp3) is 0.360. The maximum absolute atomic E-state index is 8.80. The van der Waals surface area contributed by atoms with Crippen molar-refractivity contribution < 1.29 is 29.0 Å². The number of nitrogens with two attached hydrogens (primary N) is 1. The summed E-state index contributed by atoms with van der Waals surface area (Å²) in [4.78, 5) is 9.56. The molecular weight excluding hydrogens is 474 g/mol. The third-order valence-corrected chi connectivity index (χ3v) is 5.43. The number of nitrogen functional groups attached to an aromatic ring is 1. The van der Waals surface area contributed by atoms with Crippen molar-refractivity contribution in [1.29, 1.82) is 0 Å². The van der Waals surface area contributed by atoms with E-state index >= 15 is 0 Å². The number of rotatable bonds is 9. The minimum atomic E-state index is -3.15. The highest BCUT2D eigenvalue weighted by Gasteiger charge is 2.20. The molecule has 5 heterocycles. The molecule has 1 aromatic carbocycles. The van der Waals surface area contributed by atoms with Crippen molar-refractivity contribution in [2.45, 2.75) is 6.54 Å². The molecule has 0 bridgehead atoms. The van der Waals surface area contributed by atoms with Gasteiger partial charge in [-0.2, -0.15) is 14.6 Å². The van der Waals surface area contributed by atoms with Crippen LogP contribution in [0.2, 0.25) is 0 Å². The molecule has 0 amide bonds. The Kier molecular flexibility index (Phi) is 3.80. The van der Waals surface area contributed by atoms with Crippen molar-refractivity contribution in [3.8, 4) is 17.3 Å². The molecule has 4 aromatic heterocycles. The molecule has 0 aliphatic carbocycles. The Hall–Kier alpha value is -4.16. The Labute approximate surface area is 228 Å². The topological polar surface area (TPSA) is 125 Å². The molecule has 6 rings (SSSR count). The van der Waals surface area contributed by atoms with Gasteiger partial charge in [-0.3, -0.25) is 4.90 Å². The number of benzene rings is 1. The number of fused-ring (bicyclic) bond motifs is 3. The van der Waals surface area contributed by atoms with Crippen LogP contribution in [0.15, 0.2) is 53.3 Å². The number of methoxy groups -OCH3 is 1. The molecule has 0 unspecified atom stereocenters. The Balaban J connectivity index is 1.31. The molecule has 12 heteroatoms. The van der Waals surface area contributed by atoms with Crippen LogP contribution in [0.4, 0.5) is 11.6 Å². The summed E-state index contributed by atoms with van der Waals surface area (Å²) < 4.78 is 112. The minimum absolute atomic E-state index is 0.0510. The van der Waals surface area contributed by atoms with Crippen LogP contribution in [0.5, 0.6) is 5.75 Å². The molecule has 1 aliphatic rings. The number of aromatic nitrogens is 6. The van der Waals surface area contributed by atoms with Crippen LogP contribution in [0.25, 0.3) is 28.3 Å². The summed E-state index contributed by atoms with van der Waals surface area (Å²) in [6.45, 7) is -16.1. The van der Waals surface area contributed by atoms with Crippen LogP contribution >= 0.6 is 0 Å². The van der Waals surface area contributed by atoms with E-state index < -0.39 is 45.7 Å². The molecule has 0 saturated carbocycles. The first-order chi connectivity index (χ1) is 22.3. The van der Waals surface area contributed by atoms with Crippen LogP contribution in [0.3, 0.4) is 0 Å². The number of hydrogen-bond donors (Lipinski definition) is 1. The molecule has 1 aliphatic heterocycles. The maximum atomic E-state index is 8.80. The van der Waals surface area contributed by atoms with Gasteiger partial charge >= 0.3 is 0 Å². The van der Waals surface area contributed by atoms with E-state index in [1.807, 2.05) is 0 Å². The van der Waals surface area contributed by atoms with E-state index in [9.17, 15) is 0 Å². The predicted octanol–water partition coefficient (Wildman–Crippen LogP) is 2.16. The highest BCUT2D eigenvalue weighted by molar-refractivity contribution is 5.90. The molecule has 2 N–H and O–H groups in total. The average Bonchev–Trinajstić information content (AvgIpc) is 3.76. The van der Waals surface area contributed by atoms with E-state index in [1.165, 1.54) is 46.8 Å². The molecule has 1 saturated heterocycles. The molecule has 5 aromatic rings. The monoisotopic (exact) mass is 514 g/mol. The Bertz CT molecular complexity index is 1940. The van der Waals surface area contributed by atoms with Gasteiger partial charge in [0.1, 0.15) is 12.4 Å². The quantitative estimate of drug-likeness (QED) is 0.313. The number of anilines is 2. The largest absolute Gasteiger partial charge is 0.491 e. The summed E-state index contributed by atoms with van der Waals surface area (Å²) in [5.41, 5.74) is 6.14. The molecule has 12 nitrogen and oxygen atoms in total. The van der Waals surface area contributed by atoms with Gasteiger partial charge in [-0.05, 0) is 36.4 Å². The predicted molar refractivity (Wildman–Crippen MR) is 139 cm³/mol. The van der Waals surface area contributed by atoms with Crippen LogP contribution < -0.4 is 15.4 Å². The Morgan fingerprint density at radius 2 is 1.95 bits per heavy atom. The first kappa shape index (κ1) is 14.0. The third kappa shape index (κ3) is 4.68. The number of piperazine rings is 1. The van der Waals surface area contributed by atoms with Crippen LogP contribution in [-0.2, 0) is 11.3 Å².